The Labute approximate surface area is 207 Å². The molecule has 2 atom stereocenters. The van der Waals surface area contributed by atoms with Crippen molar-refractivity contribution in [3.05, 3.63) is 54.1 Å². The standard InChI is InChI=1S/C26H33N3O5S/c1-19(20-5-3-2-4-6-20)28-12-11-22(18-28)27-26(30)21-9-13-29(14-10-21)35(31,32)23-7-8-24-25(17-23)34-16-15-33-24/h2-8,17,19,21-22H,9-16,18H2,1H3,(H,27,30). The fourth-order valence-electron chi connectivity index (χ4n) is 5.21. The minimum Gasteiger partial charge on any atom is -0.486 e. The number of nitrogens with zero attached hydrogens (tertiary/aromatic N) is 2. The van der Waals surface area contributed by atoms with Gasteiger partial charge in [-0.15, -0.1) is 0 Å². The van der Waals surface area contributed by atoms with Crippen molar-refractivity contribution in [1.29, 1.82) is 0 Å². The number of sulfonamides is 1. The molecule has 35 heavy (non-hydrogen) atoms. The first-order valence-electron chi connectivity index (χ1n) is 12.4. The number of hydrogen-bond donors (Lipinski definition) is 1. The number of likely N-dealkylation sites (tertiary alicyclic amines) is 1. The number of nitrogens with one attached hydrogen (secondary N) is 1. The van der Waals surface area contributed by atoms with Crippen LogP contribution in [0, 0.1) is 5.92 Å². The van der Waals surface area contributed by atoms with Gasteiger partial charge >= 0.3 is 0 Å². The molecular formula is C26H33N3O5S. The maximum absolute atomic E-state index is 13.2. The third kappa shape index (κ3) is 5.17. The monoisotopic (exact) mass is 499 g/mol. The van der Waals surface area contributed by atoms with Gasteiger partial charge in [0, 0.05) is 50.2 Å². The number of rotatable bonds is 6. The van der Waals surface area contributed by atoms with Crippen LogP contribution in [0.2, 0.25) is 0 Å². The van der Waals surface area contributed by atoms with E-state index in [1.54, 1.807) is 12.1 Å². The molecule has 188 valence electrons. The van der Waals surface area contributed by atoms with Gasteiger partial charge in [-0.25, -0.2) is 8.42 Å². The van der Waals surface area contributed by atoms with E-state index in [0.717, 1.165) is 19.5 Å². The second-order valence-electron chi connectivity index (χ2n) is 9.56. The molecule has 1 N–H and O–H groups in total. The highest BCUT2D eigenvalue weighted by molar-refractivity contribution is 7.89. The van der Waals surface area contributed by atoms with E-state index in [4.69, 9.17) is 9.47 Å². The Morgan fingerprint density at radius 1 is 0.971 bits per heavy atom. The summed E-state index contributed by atoms with van der Waals surface area (Å²) in [6.07, 6.45) is 1.97. The molecule has 2 saturated heterocycles. The molecule has 0 bridgehead atoms. The number of carbonyl (C=O) groups is 1. The van der Waals surface area contributed by atoms with E-state index in [2.05, 4.69) is 41.4 Å². The fourth-order valence-corrected chi connectivity index (χ4v) is 6.70. The van der Waals surface area contributed by atoms with Crippen LogP contribution in [-0.2, 0) is 14.8 Å². The van der Waals surface area contributed by atoms with Crippen molar-refractivity contribution in [3.8, 4) is 11.5 Å². The molecule has 3 aliphatic rings. The van der Waals surface area contributed by atoms with Crippen LogP contribution in [0.3, 0.4) is 0 Å². The number of ether oxygens (including phenoxy) is 2. The molecular weight excluding hydrogens is 466 g/mol. The Kier molecular flexibility index (Phi) is 7.00. The normalized spacial score (nSPS) is 22.6. The van der Waals surface area contributed by atoms with Crippen molar-refractivity contribution >= 4 is 15.9 Å². The Bertz CT molecular complexity index is 1150. The zero-order valence-electron chi connectivity index (χ0n) is 20.1. The van der Waals surface area contributed by atoms with Gasteiger partial charge in [0.05, 0.1) is 4.90 Å². The third-order valence-electron chi connectivity index (χ3n) is 7.37. The molecule has 3 heterocycles. The van der Waals surface area contributed by atoms with Crippen LogP contribution in [-0.4, -0.2) is 69.0 Å². The lowest BCUT2D eigenvalue weighted by atomic mass is 9.97. The van der Waals surface area contributed by atoms with Crippen LogP contribution < -0.4 is 14.8 Å². The number of hydrogen-bond acceptors (Lipinski definition) is 6. The molecule has 1 amide bonds. The van der Waals surface area contributed by atoms with Gasteiger partial charge in [0.15, 0.2) is 11.5 Å². The molecule has 0 radical (unpaired) electrons. The summed E-state index contributed by atoms with van der Waals surface area (Å²) < 4.78 is 38.8. The minimum atomic E-state index is -3.65. The topological polar surface area (TPSA) is 88.2 Å². The predicted octanol–water partition coefficient (Wildman–Crippen LogP) is 2.81. The highest BCUT2D eigenvalue weighted by atomic mass is 32.2. The van der Waals surface area contributed by atoms with Crippen LogP contribution >= 0.6 is 0 Å². The SMILES string of the molecule is CC(c1ccccc1)N1CCC(NC(=O)C2CCN(S(=O)(=O)c3ccc4c(c3)OCCO4)CC2)C1. The second kappa shape index (κ2) is 10.2. The van der Waals surface area contributed by atoms with Crippen molar-refractivity contribution in [3.63, 3.8) is 0 Å². The molecule has 2 unspecified atom stereocenters. The summed E-state index contributed by atoms with van der Waals surface area (Å²) >= 11 is 0. The maximum atomic E-state index is 13.2. The van der Waals surface area contributed by atoms with E-state index in [1.165, 1.54) is 15.9 Å². The van der Waals surface area contributed by atoms with Gasteiger partial charge in [0.25, 0.3) is 0 Å². The quantitative estimate of drug-likeness (QED) is 0.658. The lowest BCUT2D eigenvalue weighted by Crippen LogP contribution is -2.46. The van der Waals surface area contributed by atoms with Gasteiger partial charge in [0.1, 0.15) is 13.2 Å². The van der Waals surface area contributed by atoms with Gasteiger partial charge in [-0.1, -0.05) is 30.3 Å². The lowest BCUT2D eigenvalue weighted by Gasteiger charge is -2.31. The Morgan fingerprint density at radius 3 is 2.43 bits per heavy atom. The number of fused-ring (bicyclic) bond motifs is 1. The van der Waals surface area contributed by atoms with Crippen LogP contribution in [0.4, 0.5) is 0 Å². The van der Waals surface area contributed by atoms with Gasteiger partial charge in [0.2, 0.25) is 15.9 Å². The summed E-state index contributed by atoms with van der Waals surface area (Å²) in [5, 5.41) is 3.23. The average molecular weight is 500 g/mol. The van der Waals surface area contributed by atoms with Crippen molar-refractivity contribution in [2.75, 3.05) is 39.4 Å². The Morgan fingerprint density at radius 2 is 1.69 bits per heavy atom. The molecule has 2 aromatic rings. The first-order valence-corrected chi connectivity index (χ1v) is 13.8. The minimum absolute atomic E-state index is 0.0422. The average Bonchev–Trinajstić information content (AvgIpc) is 3.37. The number of amides is 1. The molecule has 9 heteroatoms. The maximum Gasteiger partial charge on any atom is 0.243 e. The summed E-state index contributed by atoms with van der Waals surface area (Å²) in [5.74, 6) is 0.899. The highest BCUT2D eigenvalue weighted by Gasteiger charge is 2.35. The fraction of sp³-hybridized carbons (Fsp3) is 0.500. The molecule has 2 fully saturated rings. The van der Waals surface area contributed by atoms with Crippen molar-refractivity contribution < 1.29 is 22.7 Å². The van der Waals surface area contributed by atoms with Gasteiger partial charge < -0.3 is 14.8 Å². The molecule has 8 nitrogen and oxygen atoms in total. The Balaban J connectivity index is 1.13. The van der Waals surface area contributed by atoms with Crippen molar-refractivity contribution in [2.24, 2.45) is 5.92 Å². The molecule has 0 saturated carbocycles. The number of piperidine rings is 1. The van der Waals surface area contributed by atoms with E-state index >= 15 is 0 Å². The lowest BCUT2D eigenvalue weighted by molar-refractivity contribution is -0.126. The zero-order valence-corrected chi connectivity index (χ0v) is 20.9. The number of benzene rings is 2. The molecule has 0 aliphatic carbocycles. The predicted molar refractivity (Wildman–Crippen MR) is 132 cm³/mol. The second-order valence-corrected chi connectivity index (χ2v) is 11.5. The largest absolute Gasteiger partial charge is 0.486 e. The summed E-state index contributed by atoms with van der Waals surface area (Å²) in [7, 11) is -3.65. The van der Waals surface area contributed by atoms with Gasteiger partial charge in [-0.2, -0.15) is 4.31 Å². The van der Waals surface area contributed by atoms with Crippen molar-refractivity contribution in [2.45, 2.75) is 43.2 Å². The molecule has 0 spiro atoms. The van der Waals surface area contributed by atoms with Gasteiger partial charge in [-0.05, 0) is 43.9 Å². The molecule has 2 aromatic carbocycles. The van der Waals surface area contributed by atoms with Crippen LogP contribution in [0.15, 0.2) is 53.4 Å². The summed E-state index contributed by atoms with van der Waals surface area (Å²) in [6, 6.07) is 15.6. The van der Waals surface area contributed by atoms with Gasteiger partial charge in [-0.3, -0.25) is 9.69 Å². The summed E-state index contributed by atoms with van der Waals surface area (Å²) in [5.41, 5.74) is 1.28. The van der Waals surface area contributed by atoms with E-state index in [1.807, 2.05) is 6.07 Å². The van der Waals surface area contributed by atoms with Crippen molar-refractivity contribution in [1.82, 2.24) is 14.5 Å². The molecule has 5 rings (SSSR count). The van der Waals surface area contributed by atoms with Crippen LogP contribution in [0.5, 0.6) is 11.5 Å². The zero-order chi connectivity index (χ0) is 24.4. The third-order valence-corrected chi connectivity index (χ3v) is 9.27. The van der Waals surface area contributed by atoms with E-state index in [0.29, 0.717) is 56.7 Å². The first-order chi connectivity index (χ1) is 16.9. The van der Waals surface area contributed by atoms with E-state index in [9.17, 15) is 13.2 Å². The highest BCUT2D eigenvalue weighted by Crippen LogP contribution is 2.34. The van der Waals surface area contributed by atoms with E-state index in [-0.39, 0.29) is 22.8 Å². The first kappa shape index (κ1) is 24.1. The number of carbonyl (C=O) groups excluding carboxylic acids is 1. The van der Waals surface area contributed by atoms with Crippen LogP contribution in [0.1, 0.15) is 37.8 Å². The van der Waals surface area contributed by atoms with Crippen LogP contribution in [0.25, 0.3) is 0 Å². The molecule has 3 aliphatic heterocycles. The summed E-state index contributed by atoms with van der Waals surface area (Å²) in [6.45, 7) is 5.51. The smallest absolute Gasteiger partial charge is 0.243 e. The van der Waals surface area contributed by atoms with E-state index < -0.39 is 10.0 Å². The Hall–Kier alpha value is -2.62. The molecule has 0 aromatic heterocycles. The summed E-state index contributed by atoms with van der Waals surface area (Å²) in [4.78, 5) is 15.6.